The van der Waals surface area contributed by atoms with Crippen LogP contribution in [0, 0.1) is 11.3 Å². The monoisotopic (exact) mass is 262 g/mol. The number of nitriles is 1. The van der Waals surface area contributed by atoms with E-state index < -0.39 is 0 Å². The predicted molar refractivity (Wildman–Crippen MR) is 79.6 cm³/mol. The zero-order valence-electron chi connectivity index (χ0n) is 11.2. The van der Waals surface area contributed by atoms with Crippen molar-refractivity contribution in [2.45, 2.75) is 6.42 Å². The molecule has 3 aromatic rings. The summed E-state index contributed by atoms with van der Waals surface area (Å²) in [4.78, 5) is 3.20. The maximum absolute atomic E-state index is 8.86. The Kier molecular flexibility index (Phi) is 3.14. The van der Waals surface area contributed by atoms with E-state index in [0.717, 1.165) is 33.3 Å². The van der Waals surface area contributed by atoms with Crippen LogP contribution in [0.3, 0.4) is 0 Å². The third kappa shape index (κ3) is 2.12. The van der Waals surface area contributed by atoms with Crippen LogP contribution >= 0.6 is 0 Å². The summed E-state index contributed by atoms with van der Waals surface area (Å²) < 4.78 is 5.17. The average Bonchev–Trinajstić information content (AvgIpc) is 2.90. The average molecular weight is 262 g/mol. The first-order chi connectivity index (χ1) is 9.81. The lowest BCUT2D eigenvalue weighted by Gasteiger charge is -2.04. The quantitative estimate of drug-likeness (QED) is 0.778. The highest BCUT2D eigenvalue weighted by Crippen LogP contribution is 2.27. The second kappa shape index (κ2) is 5.10. The molecule has 2 aromatic carbocycles. The Balaban J connectivity index is 2.06. The summed E-state index contributed by atoms with van der Waals surface area (Å²) in [6, 6.07) is 16.4. The summed E-state index contributed by atoms with van der Waals surface area (Å²) in [5, 5.41) is 9.97. The third-order valence-corrected chi connectivity index (χ3v) is 3.46. The lowest BCUT2D eigenvalue weighted by atomic mass is 10.0. The van der Waals surface area contributed by atoms with Gasteiger partial charge in [0.15, 0.2) is 0 Å². The fourth-order valence-electron chi connectivity index (χ4n) is 2.37. The molecule has 3 nitrogen and oxygen atoms in total. The van der Waals surface area contributed by atoms with Crippen molar-refractivity contribution in [2.24, 2.45) is 0 Å². The number of nitrogens with one attached hydrogen (secondary N) is 1. The van der Waals surface area contributed by atoms with Crippen LogP contribution < -0.4 is 4.74 Å². The first kappa shape index (κ1) is 12.3. The van der Waals surface area contributed by atoms with E-state index in [1.807, 2.05) is 30.5 Å². The van der Waals surface area contributed by atoms with Crippen LogP contribution in [0.2, 0.25) is 0 Å². The van der Waals surface area contributed by atoms with Gasteiger partial charge in [0, 0.05) is 17.1 Å². The van der Waals surface area contributed by atoms with Gasteiger partial charge in [0.1, 0.15) is 5.75 Å². The number of nitrogens with zero attached hydrogens (tertiary/aromatic N) is 1. The molecule has 0 unspecified atom stereocenters. The summed E-state index contributed by atoms with van der Waals surface area (Å²) in [5.41, 5.74) is 4.38. The number of fused-ring (bicyclic) bond motifs is 1. The third-order valence-electron chi connectivity index (χ3n) is 3.46. The van der Waals surface area contributed by atoms with Crippen molar-refractivity contribution in [1.82, 2.24) is 4.98 Å². The summed E-state index contributed by atoms with van der Waals surface area (Å²) in [6.07, 6.45) is 2.33. The lowest BCUT2D eigenvalue weighted by molar-refractivity contribution is 0.415. The van der Waals surface area contributed by atoms with Gasteiger partial charge < -0.3 is 9.72 Å². The molecular formula is C17H14N2O. The van der Waals surface area contributed by atoms with Crippen molar-refractivity contribution in [3.8, 4) is 22.9 Å². The summed E-state index contributed by atoms with van der Waals surface area (Å²) >= 11 is 0. The summed E-state index contributed by atoms with van der Waals surface area (Å²) in [7, 11) is 1.66. The second-order valence-electron chi connectivity index (χ2n) is 4.64. The Morgan fingerprint density at radius 3 is 2.55 bits per heavy atom. The van der Waals surface area contributed by atoms with Gasteiger partial charge in [0.2, 0.25) is 0 Å². The fourth-order valence-corrected chi connectivity index (χ4v) is 2.37. The van der Waals surface area contributed by atoms with Crippen LogP contribution in [-0.2, 0) is 6.42 Å². The standard InChI is InChI=1S/C17H14N2O/c1-20-15-5-2-12(3-6-15)13-4-7-17-16(10-13)14(8-9-18)11-19-17/h2-7,10-11,19H,8H2,1H3. The van der Waals surface area contributed by atoms with E-state index in [1.165, 1.54) is 0 Å². The predicted octanol–water partition coefficient (Wildman–Crippen LogP) is 3.91. The molecule has 98 valence electrons. The first-order valence-electron chi connectivity index (χ1n) is 6.43. The maximum Gasteiger partial charge on any atom is 0.118 e. The van der Waals surface area contributed by atoms with Gasteiger partial charge in [-0.3, -0.25) is 0 Å². The number of H-pyrrole nitrogens is 1. The van der Waals surface area contributed by atoms with Gasteiger partial charge >= 0.3 is 0 Å². The number of aromatic nitrogens is 1. The van der Waals surface area contributed by atoms with Crippen LogP contribution in [0.4, 0.5) is 0 Å². The molecule has 1 N–H and O–H groups in total. The topological polar surface area (TPSA) is 48.8 Å². The van der Waals surface area contributed by atoms with E-state index in [2.05, 4.69) is 29.3 Å². The molecule has 0 bridgehead atoms. The molecule has 0 aliphatic rings. The molecule has 0 saturated heterocycles. The van der Waals surface area contributed by atoms with Gasteiger partial charge in [-0.05, 0) is 41.0 Å². The molecule has 0 fully saturated rings. The van der Waals surface area contributed by atoms with Crippen molar-refractivity contribution in [2.75, 3.05) is 7.11 Å². The number of rotatable bonds is 3. The molecule has 1 heterocycles. The van der Waals surface area contributed by atoms with Gasteiger partial charge in [-0.25, -0.2) is 0 Å². The SMILES string of the molecule is COc1ccc(-c2ccc3[nH]cc(CC#N)c3c2)cc1. The van der Waals surface area contributed by atoms with E-state index in [0.29, 0.717) is 6.42 Å². The summed E-state index contributed by atoms with van der Waals surface area (Å²) in [6.45, 7) is 0. The van der Waals surface area contributed by atoms with Crippen LogP contribution in [0.25, 0.3) is 22.0 Å². The Bertz CT molecular complexity index is 779. The minimum Gasteiger partial charge on any atom is -0.497 e. The highest BCUT2D eigenvalue weighted by atomic mass is 16.5. The number of methoxy groups -OCH3 is 1. The Morgan fingerprint density at radius 2 is 1.85 bits per heavy atom. The van der Waals surface area contributed by atoms with E-state index in [9.17, 15) is 0 Å². The number of aromatic amines is 1. The van der Waals surface area contributed by atoms with Gasteiger partial charge in [0.25, 0.3) is 0 Å². The first-order valence-corrected chi connectivity index (χ1v) is 6.43. The smallest absolute Gasteiger partial charge is 0.118 e. The van der Waals surface area contributed by atoms with Crippen LogP contribution in [0.15, 0.2) is 48.7 Å². The van der Waals surface area contributed by atoms with Crippen molar-refractivity contribution < 1.29 is 4.74 Å². The second-order valence-corrected chi connectivity index (χ2v) is 4.64. The molecule has 0 aliphatic heterocycles. The Labute approximate surface area is 117 Å². The van der Waals surface area contributed by atoms with E-state index in [-0.39, 0.29) is 0 Å². The van der Waals surface area contributed by atoms with E-state index >= 15 is 0 Å². The van der Waals surface area contributed by atoms with E-state index in [4.69, 9.17) is 10.00 Å². The van der Waals surface area contributed by atoms with Crippen LogP contribution in [0.1, 0.15) is 5.56 Å². The minimum absolute atomic E-state index is 0.423. The largest absolute Gasteiger partial charge is 0.497 e. The molecule has 3 rings (SSSR count). The van der Waals surface area contributed by atoms with Crippen LogP contribution in [-0.4, -0.2) is 12.1 Å². The van der Waals surface area contributed by atoms with Gasteiger partial charge in [0.05, 0.1) is 19.6 Å². The molecule has 3 heteroatoms. The number of benzene rings is 2. The molecule has 0 radical (unpaired) electrons. The highest BCUT2D eigenvalue weighted by molar-refractivity contribution is 5.88. The molecule has 20 heavy (non-hydrogen) atoms. The lowest BCUT2D eigenvalue weighted by Crippen LogP contribution is -1.83. The van der Waals surface area contributed by atoms with Crippen molar-refractivity contribution in [3.63, 3.8) is 0 Å². The zero-order chi connectivity index (χ0) is 13.9. The fraction of sp³-hybridized carbons (Fsp3) is 0.118. The molecule has 0 amide bonds. The van der Waals surface area contributed by atoms with Gasteiger partial charge in [-0.15, -0.1) is 0 Å². The number of hydrogen-bond donors (Lipinski definition) is 1. The Hall–Kier alpha value is -2.73. The van der Waals surface area contributed by atoms with Crippen molar-refractivity contribution >= 4 is 10.9 Å². The normalized spacial score (nSPS) is 10.4. The van der Waals surface area contributed by atoms with E-state index in [1.54, 1.807) is 7.11 Å². The van der Waals surface area contributed by atoms with Crippen molar-refractivity contribution in [1.29, 1.82) is 5.26 Å². The molecule has 0 spiro atoms. The zero-order valence-corrected chi connectivity index (χ0v) is 11.2. The molecule has 0 aliphatic carbocycles. The van der Waals surface area contributed by atoms with Crippen LogP contribution in [0.5, 0.6) is 5.75 Å². The van der Waals surface area contributed by atoms with Crippen molar-refractivity contribution in [3.05, 3.63) is 54.2 Å². The minimum atomic E-state index is 0.423. The van der Waals surface area contributed by atoms with Gasteiger partial charge in [-0.1, -0.05) is 18.2 Å². The highest BCUT2D eigenvalue weighted by Gasteiger charge is 2.05. The Morgan fingerprint density at radius 1 is 1.10 bits per heavy atom. The molecular weight excluding hydrogens is 248 g/mol. The maximum atomic E-state index is 8.86. The number of ether oxygens (including phenoxy) is 1. The molecule has 0 saturated carbocycles. The summed E-state index contributed by atoms with van der Waals surface area (Å²) in [5.74, 6) is 0.849. The molecule has 0 atom stereocenters. The van der Waals surface area contributed by atoms with Gasteiger partial charge in [-0.2, -0.15) is 5.26 Å². The number of hydrogen-bond acceptors (Lipinski definition) is 2. The molecule has 1 aromatic heterocycles.